The summed E-state index contributed by atoms with van der Waals surface area (Å²) in [6.45, 7) is 3.15. The summed E-state index contributed by atoms with van der Waals surface area (Å²) in [6, 6.07) is 2.58. The van der Waals surface area contributed by atoms with E-state index in [1.54, 1.807) is 0 Å². The zero-order valence-electron chi connectivity index (χ0n) is 7.17. The Morgan fingerprint density at radius 3 is 2.50 bits per heavy atom. The molecule has 6 heteroatoms. The van der Waals surface area contributed by atoms with Gasteiger partial charge < -0.3 is 0 Å². The lowest BCUT2D eigenvalue weighted by Gasteiger charge is -2.02. The van der Waals surface area contributed by atoms with Gasteiger partial charge in [0.2, 0.25) is 0 Å². The number of sulfonamides is 1. The second-order valence-electron chi connectivity index (χ2n) is 2.36. The molecule has 1 amide bonds. The van der Waals surface area contributed by atoms with E-state index in [1.165, 1.54) is 24.5 Å². The van der Waals surface area contributed by atoms with Gasteiger partial charge in [0.05, 0.1) is 4.90 Å². The van der Waals surface area contributed by atoms with Crippen LogP contribution in [0.4, 0.5) is 0 Å². The Balaban J connectivity index is 2.98. The molecule has 0 fully saturated rings. The molecule has 0 spiro atoms. The summed E-state index contributed by atoms with van der Waals surface area (Å²) >= 11 is 0. The van der Waals surface area contributed by atoms with Gasteiger partial charge in [-0.2, -0.15) is 0 Å². The highest BCUT2D eigenvalue weighted by molar-refractivity contribution is 7.90. The topological polar surface area (TPSA) is 76.1 Å². The molecule has 1 aromatic rings. The van der Waals surface area contributed by atoms with Gasteiger partial charge in [-0.05, 0) is 18.2 Å². The number of hydrogen-bond donors (Lipinski definition) is 1. The van der Waals surface area contributed by atoms with Crippen LogP contribution >= 0.6 is 0 Å². The lowest BCUT2D eigenvalue weighted by molar-refractivity contribution is -0.114. The summed E-state index contributed by atoms with van der Waals surface area (Å²) < 4.78 is 24.6. The second kappa shape index (κ2) is 4.01. The smallest absolute Gasteiger partial charge is 0.264 e. The average molecular weight is 212 g/mol. The first-order valence-corrected chi connectivity index (χ1v) is 5.14. The SMILES string of the molecule is C=CC(=O)NS(=O)(=O)c1ccncc1. The van der Waals surface area contributed by atoms with Gasteiger partial charge in [0.15, 0.2) is 0 Å². The minimum Gasteiger partial charge on any atom is -0.269 e. The van der Waals surface area contributed by atoms with Crippen molar-refractivity contribution in [2.45, 2.75) is 4.90 Å². The van der Waals surface area contributed by atoms with E-state index >= 15 is 0 Å². The fourth-order valence-electron chi connectivity index (χ4n) is 0.750. The molecule has 0 saturated heterocycles. The van der Waals surface area contributed by atoms with Crippen molar-refractivity contribution in [1.82, 2.24) is 9.71 Å². The zero-order valence-corrected chi connectivity index (χ0v) is 7.99. The van der Waals surface area contributed by atoms with E-state index < -0.39 is 15.9 Å². The molecule has 0 aliphatic heterocycles. The van der Waals surface area contributed by atoms with Crippen molar-refractivity contribution >= 4 is 15.9 Å². The fourth-order valence-corrected chi connectivity index (χ4v) is 1.70. The van der Waals surface area contributed by atoms with E-state index in [2.05, 4.69) is 11.6 Å². The molecule has 0 aliphatic rings. The number of nitrogens with zero attached hydrogens (tertiary/aromatic N) is 1. The highest BCUT2D eigenvalue weighted by Gasteiger charge is 2.14. The highest BCUT2D eigenvalue weighted by atomic mass is 32.2. The number of hydrogen-bond acceptors (Lipinski definition) is 4. The van der Waals surface area contributed by atoms with Gasteiger partial charge in [0.1, 0.15) is 0 Å². The number of carbonyl (C=O) groups is 1. The maximum atomic E-state index is 11.4. The maximum absolute atomic E-state index is 11.4. The molecule has 5 nitrogen and oxygen atoms in total. The molecule has 0 radical (unpaired) electrons. The number of pyridine rings is 1. The molecule has 0 aliphatic carbocycles. The van der Waals surface area contributed by atoms with E-state index in [1.807, 2.05) is 4.72 Å². The number of carbonyl (C=O) groups excluding carboxylic acids is 1. The van der Waals surface area contributed by atoms with E-state index in [4.69, 9.17) is 0 Å². The molecule has 1 heterocycles. The Hall–Kier alpha value is -1.69. The van der Waals surface area contributed by atoms with Gasteiger partial charge in [-0.15, -0.1) is 0 Å². The zero-order chi connectivity index (χ0) is 10.6. The Bertz CT molecular complexity index is 439. The van der Waals surface area contributed by atoms with Crippen molar-refractivity contribution in [3.8, 4) is 0 Å². The Kier molecular flexibility index (Phi) is 2.98. The average Bonchev–Trinajstić information content (AvgIpc) is 2.18. The predicted octanol–water partition coefficient (Wildman–Crippen LogP) is 0.0725. The van der Waals surface area contributed by atoms with Crippen LogP contribution < -0.4 is 4.72 Å². The Morgan fingerprint density at radius 2 is 2.00 bits per heavy atom. The first-order valence-electron chi connectivity index (χ1n) is 3.65. The van der Waals surface area contributed by atoms with Gasteiger partial charge in [-0.3, -0.25) is 9.78 Å². The molecule has 0 atom stereocenters. The molecular formula is C8H8N2O3S. The predicted molar refractivity (Wildman–Crippen MR) is 49.8 cm³/mol. The minimum absolute atomic E-state index is 0.0114. The quantitative estimate of drug-likeness (QED) is 0.719. The maximum Gasteiger partial charge on any atom is 0.264 e. The van der Waals surface area contributed by atoms with E-state index in [9.17, 15) is 13.2 Å². The normalized spacial score (nSPS) is 10.6. The fraction of sp³-hybridized carbons (Fsp3) is 0. The van der Waals surface area contributed by atoms with Crippen LogP contribution in [0.3, 0.4) is 0 Å². The lowest BCUT2D eigenvalue weighted by atomic mass is 10.5. The standard InChI is InChI=1S/C8H8N2O3S/c1-2-8(11)10-14(12,13)7-3-5-9-6-4-7/h2-6H,1H2,(H,10,11). The number of aromatic nitrogens is 1. The van der Waals surface area contributed by atoms with E-state index in [0.29, 0.717) is 0 Å². The van der Waals surface area contributed by atoms with Crippen molar-refractivity contribution in [3.63, 3.8) is 0 Å². The molecule has 74 valence electrons. The monoisotopic (exact) mass is 212 g/mol. The molecule has 1 aromatic heterocycles. The Morgan fingerprint density at radius 1 is 1.43 bits per heavy atom. The molecule has 1 N–H and O–H groups in total. The first kappa shape index (κ1) is 10.4. The molecule has 0 aromatic carbocycles. The summed E-state index contributed by atoms with van der Waals surface area (Å²) in [4.78, 5) is 14.4. The van der Waals surface area contributed by atoms with Crippen molar-refractivity contribution in [1.29, 1.82) is 0 Å². The van der Waals surface area contributed by atoms with E-state index in [-0.39, 0.29) is 4.90 Å². The summed E-state index contributed by atoms with van der Waals surface area (Å²) in [5, 5.41) is 0. The van der Waals surface area contributed by atoms with Crippen molar-refractivity contribution in [2.75, 3.05) is 0 Å². The number of amides is 1. The van der Waals surface area contributed by atoms with Crippen molar-refractivity contribution in [3.05, 3.63) is 37.2 Å². The number of rotatable bonds is 3. The third kappa shape index (κ3) is 2.40. The summed E-state index contributed by atoms with van der Waals surface area (Å²) in [5.41, 5.74) is 0. The van der Waals surface area contributed by atoms with Crippen LogP contribution in [0.5, 0.6) is 0 Å². The molecule has 14 heavy (non-hydrogen) atoms. The summed E-state index contributed by atoms with van der Waals surface area (Å²) in [5.74, 6) is -0.762. The highest BCUT2D eigenvalue weighted by Crippen LogP contribution is 2.05. The summed E-state index contributed by atoms with van der Waals surface area (Å²) in [6.07, 6.45) is 3.54. The van der Waals surface area contributed by atoms with Crippen LogP contribution in [0.15, 0.2) is 42.1 Å². The van der Waals surface area contributed by atoms with Crippen LogP contribution in [0.2, 0.25) is 0 Å². The largest absolute Gasteiger partial charge is 0.269 e. The lowest BCUT2D eigenvalue weighted by Crippen LogP contribution is -2.28. The van der Waals surface area contributed by atoms with Crippen LogP contribution in [-0.2, 0) is 14.8 Å². The molecule has 1 rings (SSSR count). The van der Waals surface area contributed by atoms with Crippen LogP contribution in [0.25, 0.3) is 0 Å². The van der Waals surface area contributed by atoms with E-state index in [0.717, 1.165) is 6.08 Å². The minimum atomic E-state index is -3.78. The third-order valence-corrected chi connectivity index (χ3v) is 2.74. The van der Waals surface area contributed by atoms with Crippen LogP contribution in [0, 0.1) is 0 Å². The molecule has 0 bridgehead atoms. The molecular weight excluding hydrogens is 204 g/mol. The second-order valence-corrected chi connectivity index (χ2v) is 4.04. The first-order chi connectivity index (χ1) is 6.56. The van der Waals surface area contributed by atoms with Crippen molar-refractivity contribution < 1.29 is 13.2 Å². The molecule has 0 saturated carbocycles. The van der Waals surface area contributed by atoms with Crippen LogP contribution in [-0.4, -0.2) is 19.3 Å². The van der Waals surface area contributed by atoms with Gasteiger partial charge in [0, 0.05) is 12.4 Å². The third-order valence-electron chi connectivity index (χ3n) is 1.38. The number of nitrogens with one attached hydrogen (secondary N) is 1. The van der Waals surface area contributed by atoms with Crippen molar-refractivity contribution in [2.24, 2.45) is 0 Å². The Labute approximate surface area is 81.5 Å². The van der Waals surface area contributed by atoms with Crippen LogP contribution in [0.1, 0.15) is 0 Å². The van der Waals surface area contributed by atoms with Gasteiger partial charge in [0.25, 0.3) is 15.9 Å². The van der Waals surface area contributed by atoms with Gasteiger partial charge in [-0.25, -0.2) is 13.1 Å². The molecule has 0 unspecified atom stereocenters. The van der Waals surface area contributed by atoms with Gasteiger partial charge >= 0.3 is 0 Å². The van der Waals surface area contributed by atoms with Gasteiger partial charge in [-0.1, -0.05) is 6.58 Å². The summed E-state index contributed by atoms with van der Waals surface area (Å²) in [7, 11) is -3.78.